The first-order chi connectivity index (χ1) is 11.0. The van der Waals surface area contributed by atoms with E-state index in [0.717, 1.165) is 37.1 Å². The predicted octanol–water partition coefficient (Wildman–Crippen LogP) is 3.15. The van der Waals surface area contributed by atoms with Crippen LogP contribution in [-0.2, 0) is 4.79 Å². The van der Waals surface area contributed by atoms with Gasteiger partial charge in [-0.25, -0.2) is 4.79 Å². The lowest BCUT2D eigenvalue weighted by atomic mass is 9.49. The van der Waals surface area contributed by atoms with Crippen molar-refractivity contribution in [2.75, 3.05) is 13.1 Å². The number of rotatable bonds is 8. The van der Waals surface area contributed by atoms with Crippen LogP contribution in [0.2, 0.25) is 0 Å². The molecule has 0 saturated heterocycles. The molecular formula is C18H30N2O3. The molecule has 0 atom stereocenters. The van der Waals surface area contributed by atoms with Crippen LogP contribution < -0.4 is 10.6 Å². The molecule has 0 unspecified atom stereocenters. The van der Waals surface area contributed by atoms with E-state index in [-0.39, 0.29) is 12.5 Å². The number of aliphatic carboxylic acids is 1. The minimum atomic E-state index is -0.744. The average molecular weight is 322 g/mol. The van der Waals surface area contributed by atoms with E-state index in [9.17, 15) is 9.59 Å². The lowest BCUT2D eigenvalue weighted by Gasteiger charge is -2.56. The summed E-state index contributed by atoms with van der Waals surface area (Å²) in [7, 11) is 0. The van der Waals surface area contributed by atoms with Gasteiger partial charge in [0.1, 0.15) is 0 Å². The van der Waals surface area contributed by atoms with Gasteiger partial charge >= 0.3 is 12.0 Å². The summed E-state index contributed by atoms with van der Waals surface area (Å²) in [6.45, 7) is 1.47. The molecule has 4 saturated carbocycles. The van der Waals surface area contributed by atoms with E-state index in [1.54, 1.807) is 0 Å². The molecule has 0 radical (unpaired) electrons. The van der Waals surface area contributed by atoms with Crippen molar-refractivity contribution in [3.05, 3.63) is 0 Å². The maximum absolute atomic E-state index is 12.0. The van der Waals surface area contributed by atoms with E-state index in [4.69, 9.17) is 5.11 Å². The van der Waals surface area contributed by atoms with Gasteiger partial charge in [-0.1, -0.05) is 6.42 Å². The van der Waals surface area contributed by atoms with Crippen LogP contribution in [0.5, 0.6) is 0 Å². The molecule has 0 aromatic carbocycles. The molecule has 5 heteroatoms. The highest BCUT2D eigenvalue weighted by Crippen LogP contribution is 2.59. The van der Waals surface area contributed by atoms with Gasteiger partial charge in [0.05, 0.1) is 0 Å². The SMILES string of the molecule is O=C(O)CCCCCNC(=O)NCC12CC3CC(CC(C3)C1)C2. The summed E-state index contributed by atoms with van der Waals surface area (Å²) < 4.78 is 0. The number of hydrogen-bond donors (Lipinski definition) is 3. The fraction of sp³-hybridized carbons (Fsp3) is 0.889. The van der Waals surface area contributed by atoms with Crippen LogP contribution in [0.25, 0.3) is 0 Å². The summed E-state index contributed by atoms with van der Waals surface area (Å²) in [5.74, 6) is 2.01. The molecule has 0 aliphatic heterocycles. The monoisotopic (exact) mass is 322 g/mol. The minimum absolute atomic E-state index is 0.0565. The van der Waals surface area contributed by atoms with E-state index in [1.165, 1.54) is 38.5 Å². The molecule has 0 heterocycles. The summed E-state index contributed by atoms with van der Waals surface area (Å²) in [5.41, 5.74) is 0.383. The molecular weight excluding hydrogens is 292 g/mol. The zero-order valence-corrected chi connectivity index (χ0v) is 14.0. The van der Waals surface area contributed by atoms with Crippen molar-refractivity contribution in [1.29, 1.82) is 0 Å². The summed E-state index contributed by atoms with van der Waals surface area (Å²) in [6.07, 6.45) is 10.8. The van der Waals surface area contributed by atoms with Crippen molar-refractivity contribution >= 4 is 12.0 Å². The van der Waals surface area contributed by atoms with Crippen molar-refractivity contribution in [3.8, 4) is 0 Å². The molecule has 0 aromatic rings. The fourth-order valence-corrected chi connectivity index (χ4v) is 5.62. The van der Waals surface area contributed by atoms with Gasteiger partial charge in [0.2, 0.25) is 0 Å². The maximum Gasteiger partial charge on any atom is 0.314 e. The molecule has 4 bridgehead atoms. The normalized spacial score (nSPS) is 34.3. The lowest BCUT2D eigenvalue weighted by molar-refractivity contribution is -0.137. The quantitative estimate of drug-likeness (QED) is 0.601. The van der Waals surface area contributed by atoms with Crippen molar-refractivity contribution in [1.82, 2.24) is 10.6 Å². The fourth-order valence-electron chi connectivity index (χ4n) is 5.62. The Labute approximate surface area is 138 Å². The zero-order valence-electron chi connectivity index (χ0n) is 14.0. The van der Waals surface area contributed by atoms with Crippen LogP contribution in [0, 0.1) is 23.2 Å². The Bertz CT molecular complexity index is 414. The van der Waals surface area contributed by atoms with Crippen molar-refractivity contribution in [2.45, 2.75) is 64.2 Å². The van der Waals surface area contributed by atoms with Gasteiger partial charge < -0.3 is 15.7 Å². The van der Waals surface area contributed by atoms with Crippen molar-refractivity contribution in [3.63, 3.8) is 0 Å². The zero-order chi connectivity index (χ0) is 16.3. The molecule has 0 spiro atoms. The molecule has 2 amide bonds. The smallest absolute Gasteiger partial charge is 0.314 e. The number of carbonyl (C=O) groups excluding carboxylic acids is 1. The first-order valence-corrected chi connectivity index (χ1v) is 9.28. The number of hydrogen-bond acceptors (Lipinski definition) is 2. The Hall–Kier alpha value is -1.26. The van der Waals surface area contributed by atoms with Crippen molar-refractivity contribution in [2.24, 2.45) is 23.2 Å². The second-order valence-electron chi connectivity index (χ2n) is 8.23. The number of urea groups is 1. The Kier molecular flexibility index (Phi) is 5.12. The number of unbranched alkanes of at least 4 members (excludes halogenated alkanes) is 2. The summed E-state index contributed by atoms with van der Waals surface area (Å²) in [4.78, 5) is 22.4. The predicted molar refractivity (Wildman–Crippen MR) is 88.1 cm³/mol. The average Bonchev–Trinajstić information content (AvgIpc) is 2.47. The van der Waals surface area contributed by atoms with Crippen LogP contribution in [0.3, 0.4) is 0 Å². The summed E-state index contributed by atoms with van der Waals surface area (Å²) in [5, 5.41) is 14.6. The molecule has 23 heavy (non-hydrogen) atoms. The Morgan fingerprint density at radius 2 is 1.52 bits per heavy atom. The van der Waals surface area contributed by atoms with Gasteiger partial charge in [-0.3, -0.25) is 4.79 Å². The van der Waals surface area contributed by atoms with Crippen LogP contribution in [0.4, 0.5) is 4.79 Å². The van der Waals surface area contributed by atoms with Gasteiger partial charge in [-0.05, 0) is 74.5 Å². The van der Waals surface area contributed by atoms with Crippen LogP contribution in [-0.4, -0.2) is 30.2 Å². The third-order valence-corrected chi connectivity index (χ3v) is 6.14. The van der Waals surface area contributed by atoms with E-state index in [0.29, 0.717) is 18.4 Å². The standard InChI is InChI=1S/C18H30N2O3/c21-16(22)4-2-1-3-5-19-17(23)20-12-18-9-13-6-14(10-18)8-15(7-13)11-18/h13-15H,1-12H2,(H,21,22)(H2,19,20,23). The minimum Gasteiger partial charge on any atom is -0.481 e. The lowest BCUT2D eigenvalue weighted by Crippen LogP contribution is -2.52. The second-order valence-corrected chi connectivity index (χ2v) is 8.23. The Morgan fingerprint density at radius 1 is 0.913 bits per heavy atom. The number of amides is 2. The summed E-state index contributed by atoms with van der Waals surface area (Å²) >= 11 is 0. The molecule has 0 aromatic heterocycles. The highest BCUT2D eigenvalue weighted by Gasteiger charge is 2.50. The highest BCUT2D eigenvalue weighted by atomic mass is 16.4. The third kappa shape index (κ3) is 4.39. The van der Waals surface area contributed by atoms with E-state index >= 15 is 0 Å². The molecule has 4 aliphatic rings. The molecule has 5 nitrogen and oxygen atoms in total. The van der Waals surface area contributed by atoms with Gasteiger partial charge in [0.15, 0.2) is 0 Å². The Balaban J connectivity index is 1.31. The number of carboxylic acids is 1. The maximum atomic E-state index is 12.0. The topological polar surface area (TPSA) is 78.4 Å². The van der Waals surface area contributed by atoms with Crippen LogP contribution in [0.1, 0.15) is 64.2 Å². The third-order valence-electron chi connectivity index (χ3n) is 6.14. The molecule has 4 rings (SSSR count). The van der Waals surface area contributed by atoms with Gasteiger partial charge in [-0.15, -0.1) is 0 Å². The number of carbonyl (C=O) groups is 2. The van der Waals surface area contributed by atoms with Gasteiger partial charge in [-0.2, -0.15) is 0 Å². The summed E-state index contributed by atoms with van der Waals surface area (Å²) in [6, 6.07) is -0.0565. The Morgan fingerprint density at radius 3 is 2.09 bits per heavy atom. The first kappa shape index (κ1) is 16.6. The van der Waals surface area contributed by atoms with Crippen LogP contribution in [0.15, 0.2) is 0 Å². The first-order valence-electron chi connectivity index (χ1n) is 9.28. The molecule has 130 valence electrons. The molecule has 3 N–H and O–H groups in total. The molecule has 4 aliphatic carbocycles. The van der Waals surface area contributed by atoms with E-state index in [2.05, 4.69) is 10.6 Å². The van der Waals surface area contributed by atoms with Crippen LogP contribution >= 0.6 is 0 Å². The molecule has 4 fully saturated rings. The second kappa shape index (κ2) is 7.10. The number of nitrogens with one attached hydrogen (secondary N) is 2. The van der Waals surface area contributed by atoms with Crippen molar-refractivity contribution < 1.29 is 14.7 Å². The van der Waals surface area contributed by atoms with Gasteiger partial charge in [0.25, 0.3) is 0 Å². The van der Waals surface area contributed by atoms with E-state index < -0.39 is 5.97 Å². The van der Waals surface area contributed by atoms with E-state index in [1.807, 2.05) is 0 Å². The largest absolute Gasteiger partial charge is 0.481 e. The number of carboxylic acid groups (broad SMARTS) is 1. The van der Waals surface area contributed by atoms with Gasteiger partial charge in [0, 0.05) is 19.5 Å². The highest BCUT2D eigenvalue weighted by molar-refractivity contribution is 5.73.